The highest BCUT2D eigenvalue weighted by molar-refractivity contribution is 7.12. The summed E-state index contributed by atoms with van der Waals surface area (Å²) >= 11 is 1.52. The van der Waals surface area contributed by atoms with Gasteiger partial charge in [0.25, 0.3) is 0 Å². The Labute approximate surface area is 110 Å². The van der Waals surface area contributed by atoms with Crippen molar-refractivity contribution >= 4 is 23.3 Å². The maximum absolute atomic E-state index is 11.2. The van der Waals surface area contributed by atoms with Crippen LogP contribution in [0.15, 0.2) is 12.1 Å². The van der Waals surface area contributed by atoms with Crippen LogP contribution in [0.3, 0.4) is 0 Å². The maximum atomic E-state index is 11.2. The van der Waals surface area contributed by atoms with Gasteiger partial charge in [-0.05, 0) is 19.1 Å². The highest BCUT2D eigenvalue weighted by Gasteiger charge is 2.12. The zero-order valence-corrected chi connectivity index (χ0v) is 11.5. The number of hydrogen-bond acceptors (Lipinski definition) is 6. The SMILES string of the molecule is COC(=O)Cc1ccc(CN[C@@H](C)C(=O)OC)s1. The Bertz CT molecular complexity index is 416. The molecule has 0 saturated heterocycles. The Kier molecular flexibility index (Phi) is 5.80. The molecule has 0 radical (unpaired) electrons. The number of carbonyl (C=O) groups excluding carboxylic acids is 2. The second kappa shape index (κ2) is 7.13. The third kappa shape index (κ3) is 4.46. The number of esters is 2. The molecule has 0 fully saturated rings. The van der Waals surface area contributed by atoms with E-state index in [1.54, 1.807) is 6.92 Å². The lowest BCUT2D eigenvalue weighted by atomic mass is 10.3. The van der Waals surface area contributed by atoms with Crippen LogP contribution < -0.4 is 5.32 Å². The molecule has 5 nitrogen and oxygen atoms in total. The Balaban J connectivity index is 2.44. The van der Waals surface area contributed by atoms with Gasteiger partial charge >= 0.3 is 11.9 Å². The molecule has 0 amide bonds. The number of ether oxygens (including phenoxy) is 2. The zero-order chi connectivity index (χ0) is 13.5. The largest absolute Gasteiger partial charge is 0.469 e. The fourth-order valence-electron chi connectivity index (χ4n) is 1.34. The molecule has 1 N–H and O–H groups in total. The van der Waals surface area contributed by atoms with E-state index in [0.29, 0.717) is 6.54 Å². The number of carbonyl (C=O) groups is 2. The van der Waals surface area contributed by atoms with Gasteiger partial charge in [-0.2, -0.15) is 0 Å². The van der Waals surface area contributed by atoms with E-state index < -0.39 is 0 Å². The average molecular weight is 271 g/mol. The van der Waals surface area contributed by atoms with Gasteiger partial charge in [0.05, 0.1) is 20.6 Å². The Morgan fingerprint density at radius 3 is 2.56 bits per heavy atom. The molecular formula is C12H17NO4S. The van der Waals surface area contributed by atoms with Crippen LogP contribution >= 0.6 is 11.3 Å². The van der Waals surface area contributed by atoms with E-state index in [4.69, 9.17) is 0 Å². The van der Waals surface area contributed by atoms with Gasteiger partial charge in [-0.15, -0.1) is 11.3 Å². The van der Waals surface area contributed by atoms with Crippen molar-refractivity contribution < 1.29 is 19.1 Å². The third-order valence-corrected chi connectivity index (χ3v) is 3.49. The lowest BCUT2D eigenvalue weighted by molar-refractivity contribution is -0.142. The van der Waals surface area contributed by atoms with Crippen LogP contribution in [-0.4, -0.2) is 32.2 Å². The van der Waals surface area contributed by atoms with Gasteiger partial charge in [-0.25, -0.2) is 0 Å². The van der Waals surface area contributed by atoms with E-state index in [-0.39, 0.29) is 24.4 Å². The van der Waals surface area contributed by atoms with Crippen LogP contribution in [0.4, 0.5) is 0 Å². The summed E-state index contributed by atoms with van der Waals surface area (Å²) in [4.78, 5) is 24.3. The predicted octanol–water partition coefficient (Wildman–Crippen LogP) is 1.11. The lowest BCUT2D eigenvalue weighted by Gasteiger charge is -2.09. The Morgan fingerprint density at radius 1 is 1.28 bits per heavy atom. The third-order valence-electron chi connectivity index (χ3n) is 2.40. The summed E-state index contributed by atoms with van der Waals surface area (Å²) in [6, 6.07) is 3.47. The van der Waals surface area contributed by atoms with Crippen molar-refractivity contribution in [2.24, 2.45) is 0 Å². The smallest absolute Gasteiger partial charge is 0.322 e. The minimum atomic E-state index is -0.346. The molecule has 6 heteroatoms. The van der Waals surface area contributed by atoms with E-state index in [0.717, 1.165) is 9.75 Å². The predicted molar refractivity (Wildman–Crippen MR) is 68.4 cm³/mol. The molecule has 0 spiro atoms. The highest BCUT2D eigenvalue weighted by Crippen LogP contribution is 2.17. The van der Waals surface area contributed by atoms with Gasteiger partial charge in [-0.1, -0.05) is 0 Å². The van der Waals surface area contributed by atoms with E-state index in [2.05, 4.69) is 14.8 Å². The molecular weight excluding hydrogens is 254 g/mol. The molecule has 0 aromatic carbocycles. The molecule has 1 aromatic rings. The summed E-state index contributed by atoms with van der Waals surface area (Å²) in [5.74, 6) is -0.541. The minimum absolute atomic E-state index is 0.251. The van der Waals surface area contributed by atoms with Gasteiger partial charge < -0.3 is 9.47 Å². The molecule has 0 saturated carbocycles. The first-order valence-electron chi connectivity index (χ1n) is 5.52. The molecule has 0 aliphatic heterocycles. The van der Waals surface area contributed by atoms with E-state index in [1.807, 2.05) is 12.1 Å². The van der Waals surface area contributed by atoms with E-state index >= 15 is 0 Å². The first kappa shape index (κ1) is 14.7. The summed E-state index contributed by atoms with van der Waals surface area (Å²) in [6.45, 7) is 2.32. The van der Waals surface area contributed by atoms with Gasteiger partial charge in [-0.3, -0.25) is 14.9 Å². The lowest BCUT2D eigenvalue weighted by Crippen LogP contribution is -2.34. The van der Waals surface area contributed by atoms with Crippen LogP contribution in [-0.2, 0) is 32.0 Å². The Hall–Kier alpha value is -1.40. The molecule has 0 bridgehead atoms. The van der Waals surface area contributed by atoms with Crippen molar-refractivity contribution in [3.8, 4) is 0 Å². The molecule has 1 aromatic heterocycles. The fraction of sp³-hybridized carbons (Fsp3) is 0.500. The van der Waals surface area contributed by atoms with Crippen LogP contribution in [0, 0.1) is 0 Å². The monoisotopic (exact) mass is 271 g/mol. The minimum Gasteiger partial charge on any atom is -0.469 e. The summed E-state index contributed by atoms with van der Waals surface area (Å²) in [5.41, 5.74) is 0. The highest BCUT2D eigenvalue weighted by atomic mass is 32.1. The first-order valence-corrected chi connectivity index (χ1v) is 6.34. The Morgan fingerprint density at radius 2 is 1.94 bits per heavy atom. The van der Waals surface area contributed by atoms with Gasteiger partial charge in [0.2, 0.25) is 0 Å². The van der Waals surface area contributed by atoms with Crippen LogP contribution in [0.1, 0.15) is 16.7 Å². The second-order valence-corrected chi connectivity index (χ2v) is 5.00. The van der Waals surface area contributed by atoms with Gasteiger partial charge in [0.15, 0.2) is 0 Å². The van der Waals surface area contributed by atoms with Gasteiger partial charge in [0.1, 0.15) is 6.04 Å². The second-order valence-electron chi connectivity index (χ2n) is 3.75. The topological polar surface area (TPSA) is 64.6 Å². The number of rotatable bonds is 6. The van der Waals surface area contributed by atoms with Crippen LogP contribution in [0.25, 0.3) is 0 Å². The number of nitrogens with one attached hydrogen (secondary N) is 1. The number of methoxy groups -OCH3 is 2. The normalized spacial score (nSPS) is 11.9. The molecule has 1 heterocycles. The first-order chi connectivity index (χ1) is 8.56. The summed E-state index contributed by atoms with van der Waals surface area (Å²) < 4.78 is 9.21. The van der Waals surface area contributed by atoms with Crippen molar-refractivity contribution in [2.75, 3.05) is 14.2 Å². The quantitative estimate of drug-likeness (QED) is 0.785. The molecule has 0 aliphatic rings. The van der Waals surface area contributed by atoms with Crippen LogP contribution in [0.5, 0.6) is 0 Å². The summed E-state index contributed by atoms with van der Waals surface area (Å²) in [7, 11) is 2.73. The summed E-state index contributed by atoms with van der Waals surface area (Å²) in [5, 5.41) is 3.05. The van der Waals surface area contributed by atoms with Gasteiger partial charge in [0, 0.05) is 16.3 Å². The van der Waals surface area contributed by atoms with Crippen molar-refractivity contribution in [2.45, 2.75) is 25.9 Å². The molecule has 100 valence electrons. The molecule has 18 heavy (non-hydrogen) atoms. The molecule has 1 rings (SSSR count). The maximum Gasteiger partial charge on any atom is 0.322 e. The van der Waals surface area contributed by atoms with Crippen molar-refractivity contribution in [1.82, 2.24) is 5.32 Å². The van der Waals surface area contributed by atoms with E-state index in [1.165, 1.54) is 25.6 Å². The summed E-state index contributed by atoms with van der Waals surface area (Å²) in [6.07, 6.45) is 0.285. The number of hydrogen-bond donors (Lipinski definition) is 1. The van der Waals surface area contributed by atoms with E-state index in [9.17, 15) is 9.59 Å². The molecule has 0 unspecified atom stereocenters. The standard InChI is InChI=1S/C12H17NO4S/c1-8(12(15)17-3)13-7-10-5-4-9(18-10)6-11(14)16-2/h4-5,8,13H,6-7H2,1-3H3/t8-/m0/s1. The fourth-order valence-corrected chi connectivity index (χ4v) is 2.30. The van der Waals surface area contributed by atoms with Crippen LogP contribution in [0.2, 0.25) is 0 Å². The average Bonchev–Trinajstić information content (AvgIpc) is 2.82. The zero-order valence-electron chi connectivity index (χ0n) is 10.7. The number of thiophene rings is 1. The molecule has 0 aliphatic carbocycles. The molecule has 1 atom stereocenters. The van der Waals surface area contributed by atoms with Crippen molar-refractivity contribution in [3.63, 3.8) is 0 Å². The van der Waals surface area contributed by atoms with Crippen molar-refractivity contribution in [1.29, 1.82) is 0 Å². The van der Waals surface area contributed by atoms with Crippen molar-refractivity contribution in [3.05, 3.63) is 21.9 Å².